The van der Waals surface area contributed by atoms with Crippen molar-refractivity contribution in [3.63, 3.8) is 0 Å². The van der Waals surface area contributed by atoms with Gasteiger partial charge in [0.05, 0.1) is 5.56 Å². The van der Waals surface area contributed by atoms with Gasteiger partial charge in [-0.05, 0) is 44.2 Å². The molecule has 0 bridgehead atoms. The van der Waals surface area contributed by atoms with Crippen LogP contribution < -0.4 is 4.90 Å². The number of rotatable bonds is 6. The van der Waals surface area contributed by atoms with Gasteiger partial charge in [0, 0.05) is 48.3 Å². The predicted octanol–water partition coefficient (Wildman–Crippen LogP) is 3.66. The van der Waals surface area contributed by atoms with Crippen LogP contribution >= 0.6 is 11.3 Å². The number of hydrogen-bond donors (Lipinski definition) is 0. The first kappa shape index (κ1) is 18.8. The standard InChI is InChI=1S/C20H21N3O3S/c1-13-11-17(14(2)23(13)20-21-9-10-27-20)18(24)12-26-19(25)15-5-7-16(8-6-15)22(3)4/h5-11H,12H2,1-4H3. The molecule has 0 unspecified atom stereocenters. The van der Waals surface area contributed by atoms with E-state index < -0.39 is 5.97 Å². The maximum atomic E-state index is 12.6. The molecule has 3 rings (SSSR count). The summed E-state index contributed by atoms with van der Waals surface area (Å²) in [6.45, 7) is 3.49. The molecule has 0 fully saturated rings. The number of hydrogen-bond acceptors (Lipinski definition) is 6. The Labute approximate surface area is 162 Å². The highest BCUT2D eigenvalue weighted by Crippen LogP contribution is 2.22. The average molecular weight is 383 g/mol. The normalized spacial score (nSPS) is 10.7. The minimum absolute atomic E-state index is 0.232. The van der Waals surface area contributed by atoms with E-state index in [0.29, 0.717) is 11.1 Å². The second kappa shape index (κ2) is 7.75. The van der Waals surface area contributed by atoms with Crippen molar-refractivity contribution in [1.29, 1.82) is 0 Å². The highest BCUT2D eigenvalue weighted by Gasteiger charge is 2.19. The number of carbonyl (C=O) groups is 2. The van der Waals surface area contributed by atoms with Gasteiger partial charge in [-0.2, -0.15) is 0 Å². The summed E-state index contributed by atoms with van der Waals surface area (Å²) in [7, 11) is 3.85. The molecule has 0 atom stereocenters. The number of thiazole rings is 1. The van der Waals surface area contributed by atoms with Crippen molar-refractivity contribution in [2.75, 3.05) is 25.6 Å². The second-order valence-electron chi connectivity index (χ2n) is 6.38. The molecule has 2 aromatic heterocycles. The highest BCUT2D eigenvalue weighted by atomic mass is 32.1. The summed E-state index contributed by atoms with van der Waals surface area (Å²) in [4.78, 5) is 31.0. The quantitative estimate of drug-likeness (QED) is 0.480. The van der Waals surface area contributed by atoms with E-state index in [-0.39, 0.29) is 12.4 Å². The van der Waals surface area contributed by atoms with Crippen LogP contribution in [0.3, 0.4) is 0 Å². The minimum Gasteiger partial charge on any atom is -0.454 e. The molecule has 0 saturated heterocycles. The fourth-order valence-corrected chi connectivity index (χ4v) is 3.61. The van der Waals surface area contributed by atoms with Gasteiger partial charge in [-0.1, -0.05) is 0 Å². The van der Waals surface area contributed by atoms with E-state index in [2.05, 4.69) is 4.98 Å². The number of carbonyl (C=O) groups excluding carboxylic acids is 2. The Balaban J connectivity index is 1.69. The third-order valence-electron chi connectivity index (χ3n) is 4.30. The highest BCUT2D eigenvalue weighted by molar-refractivity contribution is 7.12. The second-order valence-corrected chi connectivity index (χ2v) is 7.25. The molecule has 0 spiro atoms. The van der Waals surface area contributed by atoms with Crippen LogP contribution in [0.25, 0.3) is 5.13 Å². The van der Waals surface area contributed by atoms with Crippen molar-refractivity contribution >= 4 is 28.8 Å². The van der Waals surface area contributed by atoms with E-state index in [1.165, 1.54) is 11.3 Å². The molecule has 27 heavy (non-hydrogen) atoms. The summed E-state index contributed by atoms with van der Waals surface area (Å²) in [6.07, 6.45) is 1.73. The maximum Gasteiger partial charge on any atom is 0.338 e. The zero-order chi connectivity index (χ0) is 19.6. The molecule has 0 aliphatic rings. The first-order valence-electron chi connectivity index (χ1n) is 8.45. The van der Waals surface area contributed by atoms with Crippen molar-refractivity contribution in [3.8, 4) is 5.13 Å². The lowest BCUT2D eigenvalue weighted by Gasteiger charge is -2.12. The first-order chi connectivity index (χ1) is 12.9. The molecule has 0 aliphatic heterocycles. The summed E-state index contributed by atoms with van der Waals surface area (Å²) >= 11 is 1.50. The lowest BCUT2D eigenvalue weighted by molar-refractivity contribution is 0.0474. The van der Waals surface area contributed by atoms with Crippen LogP contribution in [0.15, 0.2) is 41.9 Å². The van der Waals surface area contributed by atoms with Gasteiger partial charge in [0.15, 0.2) is 11.7 Å². The molecule has 1 aromatic carbocycles. The zero-order valence-electron chi connectivity index (χ0n) is 15.7. The number of aromatic nitrogens is 2. The average Bonchev–Trinajstić information content (AvgIpc) is 3.27. The Kier molecular flexibility index (Phi) is 5.41. The van der Waals surface area contributed by atoms with E-state index in [0.717, 1.165) is 22.2 Å². The molecule has 6 nitrogen and oxygen atoms in total. The summed E-state index contributed by atoms with van der Waals surface area (Å²) in [6, 6.07) is 8.85. The molecule has 0 amide bonds. The Hall–Kier alpha value is -2.93. The van der Waals surface area contributed by atoms with Crippen molar-refractivity contribution in [3.05, 3.63) is 64.4 Å². The third-order valence-corrected chi connectivity index (χ3v) is 5.05. The van der Waals surface area contributed by atoms with E-state index >= 15 is 0 Å². The molecule has 0 radical (unpaired) electrons. The lowest BCUT2D eigenvalue weighted by atomic mass is 10.1. The van der Waals surface area contributed by atoms with E-state index in [1.54, 1.807) is 24.4 Å². The molecule has 140 valence electrons. The fourth-order valence-electron chi connectivity index (χ4n) is 2.85. The van der Waals surface area contributed by atoms with Gasteiger partial charge in [0.1, 0.15) is 0 Å². The van der Waals surface area contributed by atoms with Crippen molar-refractivity contribution in [2.45, 2.75) is 13.8 Å². The lowest BCUT2D eigenvalue weighted by Crippen LogP contribution is -2.15. The molecule has 0 N–H and O–H groups in total. The summed E-state index contributed by atoms with van der Waals surface area (Å²) < 4.78 is 7.15. The van der Waals surface area contributed by atoms with Crippen LogP contribution in [0.5, 0.6) is 0 Å². The van der Waals surface area contributed by atoms with Gasteiger partial charge in [-0.25, -0.2) is 9.78 Å². The van der Waals surface area contributed by atoms with Gasteiger partial charge in [0.25, 0.3) is 0 Å². The van der Waals surface area contributed by atoms with Gasteiger partial charge < -0.3 is 9.64 Å². The number of benzene rings is 1. The van der Waals surface area contributed by atoms with Gasteiger partial charge in [0.2, 0.25) is 5.78 Å². The molecule has 7 heteroatoms. The largest absolute Gasteiger partial charge is 0.454 e. The van der Waals surface area contributed by atoms with Crippen LogP contribution in [0.4, 0.5) is 5.69 Å². The number of Topliss-reactive ketones (excluding diaryl/α,β-unsaturated/α-hetero) is 1. The number of ketones is 1. The van der Waals surface area contributed by atoms with Gasteiger partial charge in [-0.15, -0.1) is 11.3 Å². The van der Waals surface area contributed by atoms with E-state index in [4.69, 9.17) is 4.74 Å². The van der Waals surface area contributed by atoms with E-state index in [1.807, 2.05) is 54.9 Å². The van der Waals surface area contributed by atoms with Crippen molar-refractivity contribution in [2.24, 2.45) is 0 Å². The molecular formula is C20H21N3O3S. The SMILES string of the molecule is Cc1cc(C(=O)COC(=O)c2ccc(N(C)C)cc2)c(C)n1-c1nccs1. The van der Waals surface area contributed by atoms with Crippen LogP contribution in [0.2, 0.25) is 0 Å². The smallest absolute Gasteiger partial charge is 0.338 e. The molecule has 0 aliphatic carbocycles. The van der Waals surface area contributed by atoms with Crippen LogP contribution in [-0.4, -0.2) is 42.0 Å². The minimum atomic E-state index is -0.512. The Morgan fingerprint density at radius 1 is 1.19 bits per heavy atom. The molecule has 3 aromatic rings. The van der Waals surface area contributed by atoms with Crippen LogP contribution in [0, 0.1) is 13.8 Å². The summed E-state index contributed by atoms with van der Waals surface area (Å²) in [5.41, 5.74) is 3.65. The fraction of sp³-hybridized carbons (Fsp3) is 0.250. The van der Waals surface area contributed by atoms with Crippen LogP contribution in [-0.2, 0) is 4.74 Å². The number of nitrogens with zero attached hydrogens (tertiary/aromatic N) is 3. The Morgan fingerprint density at radius 2 is 1.89 bits per heavy atom. The number of anilines is 1. The summed E-state index contributed by atoms with van der Waals surface area (Å²) in [5, 5.41) is 2.70. The zero-order valence-corrected chi connectivity index (χ0v) is 16.5. The van der Waals surface area contributed by atoms with Gasteiger partial charge >= 0.3 is 5.97 Å². The summed E-state index contributed by atoms with van der Waals surface area (Å²) in [5.74, 6) is -0.744. The Morgan fingerprint density at radius 3 is 2.48 bits per heavy atom. The predicted molar refractivity (Wildman–Crippen MR) is 106 cm³/mol. The van der Waals surface area contributed by atoms with Crippen molar-refractivity contribution in [1.82, 2.24) is 9.55 Å². The van der Waals surface area contributed by atoms with Crippen LogP contribution in [0.1, 0.15) is 32.1 Å². The molecule has 2 heterocycles. The monoisotopic (exact) mass is 383 g/mol. The third kappa shape index (κ3) is 3.93. The first-order valence-corrected chi connectivity index (χ1v) is 9.33. The van der Waals surface area contributed by atoms with Gasteiger partial charge in [-0.3, -0.25) is 9.36 Å². The number of esters is 1. The van der Waals surface area contributed by atoms with E-state index in [9.17, 15) is 9.59 Å². The topological polar surface area (TPSA) is 64.4 Å². The maximum absolute atomic E-state index is 12.6. The number of aryl methyl sites for hydroxylation is 1. The Bertz CT molecular complexity index is 957. The number of ether oxygens (including phenoxy) is 1. The molecule has 0 saturated carbocycles. The van der Waals surface area contributed by atoms with Crippen molar-refractivity contribution < 1.29 is 14.3 Å². The molecular weight excluding hydrogens is 362 g/mol.